The van der Waals surface area contributed by atoms with Crippen molar-refractivity contribution >= 4 is 17.0 Å². The van der Waals surface area contributed by atoms with E-state index in [0.717, 1.165) is 12.8 Å². The molecule has 0 spiro atoms. The molecular formula is C18H20N4O3. The average molecular weight is 340 g/mol. The molecule has 1 aromatic carbocycles. The molecule has 1 aliphatic rings. The van der Waals surface area contributed by atoms with Crippen LogP contribution in [-0.4, -0.2) is 37.7 Å². The van der Waals surface area contributed by atoms with E-state index in [1.54, 1.807) is 25.3 Å². The third kappa shape index (κ3) is 2.75. The molecule has 3 aromatic rings. The Balaban J connectivity index is 1.61. The molecule has 130 valence electrons. The lowest BCUT2D eigenvalue weighted by molar-refractivity contribution is -0.135. The SMILES string of the molecule is CC(C(=O)N1CCCC1Cn1cccn1)n1c(=O)oc2ccccc21. The Kier molecular flexibility index (Phi) is 3.91. The first-order chi connectivity index (χ1) is 12.1. The number of oxazole rings is 1. The van der Waals surface area contributed by atoms with Gasteiger partial charge in [-0.1, -0.05) is 12.1 Å². The van der Waals surface area contributed by atoms with Crippen molar-refractivity contribution in [3.05, 3.63) is 53.3 Å². The third-order valence-corrected chi connectivity index (χ3v) is 4.88. The van der Waals surface area contributed by atoms with E-state index >= 15 is 0 Å². The van der Waals surface area contributed by atoms with Crippen LogP contribution in [-0.2, 0) is 11.3 Å². The van der Waals surface area contributed by atoms with Crippen molar-refractivity contribution in [2.75, 3.05) is 6.54 Å². The van der Waals surface area contributed by atoms with Crippen LogP contribution in [0.5, 0.6) is 0 Å². The summed E-state index contributed by atoms with van der Waals surface area (Å²) in [6, 6.07) is 8.55. The number of amides is 1. The average Bonchev–Trinajstić information content (AvgIpc) is 3.33. The summed E-state index contributed by atoms with van der Waals surface area (Å²) in [4.78, 5) is 27.2. The second kappa shape index (κ2) is 6.23. The fourth-order valence-corrected chi connectivity index (χ4v) is 3.64. The van der Waals surface area contributed by atoms with Gasteiger partial charge in [-0.15, -0.1) is 0 Å². The zero-order valence-corrected chi connectivity index (χ0v) is 14.0. The van der Waals surface area contributed by atoms with E-state index in [2.05, 4.69) is 5.10 Å². The molecule has 0 radical (unpaired) electrons. The van der Waals surface area contributed by atoms with Crippen molar-refractivity contribution in [3.8, 4) is 0 Å². The Morgan fingerprint density at radius 2 is 2.20 bits per heavy atom. The Morgan fingerprint density at radius 1 is 1.36 bits per heavy atom. The van der Waals surface area contributed by atoms with Crippen molar-refractivity contribution < 1.29 is 9.21 Å². The molecular weight excluding hydrogens is 320 g/mol. The van der Waals surface area contributed by atoms with Gasteiger partial charge in [0.25, 0.3) is 0 Å². The van der Waals surface area contributed by atoms with Crippen LogP contribution in [0.25, 0.3) is 11.1 Å². The van der Waals surface area contributed by atoms with Crippen molar-refractivity contribution in [2.24, 2.45) is 0 Å². The van der Waals surface area contributed by atoms with Gasteiger partial charge in [0.1, 0.15) is 6.04 Å². The maximum absolute atomic E-state index is 13.1. The molecule has 7 nitrogen and oxygen atoms in total. The summed E-state index contributed by atoms with van der Waals surface area (Å²) >= 11 is 0. The van der Waals surface area contributed by atoms with E-state index in [9.17, 15) is 9.59 Å². The minimum Gasteiger partial charge on any atom is -0.408 e. The lowest BCUT2D eigenvalue weighted by Gasteiger charge is -2.27. The van der Waals surface area contributed by atoms with Gasteiger partial charge in [-0.25, -0.2) is 4.79 Å². The van der Waals surface area contributed by atoms with Gasteiger partial charge < -0.3 is 9.32 Å². The van der Waals surface area contributed by atoms with Gasteiger partial charge in [0.05, 0.1) is 18.1 Å². The molecule has 0 saturated carbocycles. The number of aromatic nitrogens is 3. The number of nitrogens with zero attached hydrogens (tertiary/aromatic N) is 4. The molecule has 4 rings (SSSR count). The number of hydrogen-bond donors (Lipinski definition) is 0. The first-order valence-electron chi connectivity index (χ1n) is 8.53. The number of likely N-dealkylation sites (tertiary alicyclic amines) is 1. The third-order valence-electron chi connectivity index (χ3n) is 4.88. The van der Waals surface area contributed by atoms with Crippen molar-refractivity contribution in [3.63, 3.8) is 0 Å². The minimum atomic E-state index is -0.602. The summed E-state index contributed by atoms with van der Waals surface area (Å²) in [5.41, 5.74) is 1.15. The van der Waals surface area contributed by atoms with E-state index in [-0.39, 0.29) is 11.9 Å². The summed E-state index contributed by atoms with van der Waals surface area (Å²) in [7, 11) is 0. The topological polar surface area (TPSA) is 73.3 Å². The number of hydrogen-bond acceptors (Lipinski definition) is 4. The lowest BCUT2D eigenvalue weighted by Crippen LogP contribution is -2.42. The number of carbonyl (C=O) groups is 1. The van der Waals surface area contributed by atoms with Gasteiger partial charge >= 0.3 is 5.76 Å². The van der Waals surface area contributed by atoms with Crippen LogP contribution in [0.4, 0.5) is 0 Å². The van der Waals surface area contributed by atoms with Gasteiger partial charge in [-0.2, -0.15) is 5.10 Å². The molecule has 0 N–H and O–H groups in total. The first kappa shape index (κ1) is 15.7. The van der Waals surface area contributed by atoms with Crippen LogP contribution < -0.4 is 5.76 Å². The standard InChI is InChI=1S/C18H20N4O3/c1-13(22-15-7-2-3-8-16(15)25-18(22)24)17(23)21-11-4-6-14(21)12-20-10-5-9-19-20/h2-3,5,7-10,13-14H,4,6,11-12H2,1H3. The molecule has 0 bridgehead atoms. The highest BCUT2D eigenvalue weighted by molar-refractivity contribution is 5.83. The zero-order valence-electron chi connectivity index (χ0n) is 14.0. The zero-order chi connectivity index (χ0) is 17.4. The lowest BCUT2D eigenvalue weighted by atomic mass is 10.2. The Hall–Kier alpha value is -2.83. The Morgan fingerprint density at radius 3 is 3.00 bits per heavy atom. The molecule has 1 aliphatic heterocycles. The van der Waals surface area contributed by atoms with E-state index in [0.29, 0.717) is 24.2 Å². The summed E-state index contributed by atoms with van der Waals surface area (Å²) in [6.45, 7) is 3.14. The van der Waals surface area contributed by atoms with E-state index in [1.807, 2.05) is 34.0 Å². The first-order valence-corrected chi connectivity index (χ1v) is 8.53. The van der Waals surface area contributed by atoms with Crippen molar-refractivity contribution in [1.82, 2.24) is 19.2 Å². The Bertz CT molecular complexity index is 941. The monoisotopic (exact) mass is 340 g/mol. The van der Waals surface area contributed by atoms with Crippen molar-refractivity contribution in [1.29, 1.82) is 0 Å². The highest BCUT2D eigenvalue weighted by Gasteiger charge is 2.33. The summed E-state index contributed by atoms with van der Waals surface area (Å²) in [5.74, 6) is -0.548. The molecule has 7 heteroatoms. The van der Waals surface area contributed by atoms with Crippen molar-refractivity contribution in [2.45, 2.75) is 38.4 Å². The number of benzene rings is 1. The smallest absolute Gasteiger partial charge is 0.408 e. The largest absolute Gasteiger partial charge is 0.420 e. The second-order valence-corrected chi connectivity index (χ2v) is 6.44. The Labute approximate surface area is 144 Å². The van der Waals surface area contributed by atoms with Gasteiger partial charge in [-0.3, -0.25) is 14.0 Å². The van der Waals surface area contributed by atoms with Gasteiger partial charge in [0.2, 0.25) is 5.91 Å². The molecule has 3 heterocycles. The minimum absolute atomic E-state index is 0.0525. The molecule has 1 fully saturated rings. The number of para-hydroxylation sites is 2. The van der Waals surface area contributed by atoms with Gasteiger partial charge in [0, 0.05) is 18.9 Å². The maximum atomic E-state index is 13.1. The molecule has 2 unspecified atom stereocenters. The maximum Gasteiger partial charge on any atom is 0.420 e. The molecule has 2 atom stereocenters. The normalized spacial score (nSPS) is 18.8. The molecule has 25 heavy (non-hydrogen) atoms. The van der Waals surface area contributed by atoms with Crippen LogP contribution in [0.2, 0.25) is 0 Å². The van der Waals surface area contributed by atoms with E-state index in [1.165, 1.54) is 4.57 Å². The molecule has 0 aliphatic carbocycles. The van der Waals surface area contributed by atoms with E-state index < -0.39 is 11.8 Å². The van der Waals surface area contributed by atoms with Crippen LogP contribution in [0.15, 0.2) is 51.9 Å². The molecule has 2 aromatic heterocycles. The second-order valence-electron chi connectivity index (χ2n) is 6.44. The number of fused-ring (bicyclic) bond motifs is 1. The molecule has 1 saturated heterocycles. The number of carbonyl (C=O) groups excluding carboxylic acids is 1. The summed E-state index contributed by atoms with van der Waals surface area (Å²) in [5, 5.41) is 4.23. The van der Waals surface area contributed by atoms with Crippen LogP contribution in [0.3, 0.4) is 0 Å². The quantitative estimate of drug-likeness (QED) is 0.728. The van der Waals surface area contributed by atoms with Crippen LogP contribution >= 0.6 is 0 Å². The summed E-state index contributed by atoms with van der Waals surface area (Å²) < 4.78 is 8.56. The van der Waals surface area contributed by atoms with Gasteiger partial charge in [-0.05, 0) is 38.0 Å². The van der Waals surface area contributed by atoms with Crippen LogP contribution in [0, 0.1) is 0 Å². The number of rotatable bonds is 4. The van der Waals surface area contributed by atoms with E-state index in [4.69, 9.17) is 4.42 Å². The van der Waals surface area contributed by atoms with Gasteiger partial charge in [0.15, 0.2) is 5.58 Å². The summed E-state index contributed by atoms with van der Waals surface area (Å²) in [6.07, 6.45) is 5.55. The fourth-order valence-electron chi connectivity index (χ4n) is 3.64. The predicted octanol–water partition coefficient (Wildman–Crippen LogP) is 2.04. The molecule has 1 amide bonds. The predicted molar refractivity (Wildman–Crippen MR) is 92.1 cm³/mol. The highest BCUT2D eigenvalue weighted by atomic mass is 16.4. The fraction of sp³-hybridized carbons (Fsp3) is 0.389. The van der Waals surface area contributed by atoms with Crippen LogP contribution in [0.1, 0.15) is 25.8 Å². The highest BCUT2D eigenvalue weighted by Crippen LogP contribution is 2.24.